The minimum Gasteiger partial charge on any atom is -0.478 e. The highest BCUT2D eigenvalue weighted by Crippen LogP contribution is 2.10. The van der Waals surface area contributed by atoms with Crippen molar-refractivity contribution in [2.45, 2.75) is 52.4 Å². The van der Waals surface area contributed by atoms with Gasteiger partial charge in [0.1, 0.15) is 0 Å². The van der Waals surface area contributed by atoms with Crippen molar-refractivity contribution in [3.8, 4) is 5.88 Å². The van der Waals surface area contributed by atoms with Crippen LogP contribution in [-0.4, -0.2) is 17.4 Å². The lowest BCUT2D eigenvalue weighted by Gasteiger charge is -2.05. The van der Waals surface area contributed by atoms with Crippen LogP contribution in [0.5, 0.6) is 5.88 Å². The molecule has 18 heavy (non-hydrogen) atoms. The molecule has 0 saturated heterocycles. The number of ether oxygens (including phenoxy) is 1. The van der Waals surface area contributed by atoms with E-state index in [-0.39, 0.29) is 5.78 Å². The Hall–Kier alpha value is -1.38. The smallest absolute Gasteiger partial charge is 0.213 e. The van der Waals surface area contributed by atoms with E-state index in [9.17, 15) is 4.79 Å². The van der Waals surface area contributed by atoms with Gasteiger partial charge in [0, 0.05) is 17.8 Å². The number of carbonyl (C=O) groups excluding carboxylic acids is 1. The van der Waals surface area contributed by atoms with Gasteiger partial charge in [-0.05, 0) is 19.4 Å². The van der Waals surface area contributed by atoms with Crippen LogP contribution >= 0.6 is 0 Å². The van der Waals surface area contributed by atoms with Gasteiger partial charge in [0.15, 0.2) is 5.78 Å². The largest absolute Gasteiger partial charge is 0.478 e. The van der Waals surface area contributed by atoms with Crippen LogP contribution in [0.25, 0.3) is 0 Å². The zero-order valence-electron chi connectivity index (χ0n) is 11.4. The number of ketones is 1. The summed E-state index contributed by atoms with van der Waals surface area (Å²) in [6.45, 7) is 4.46. The second-order valence-corrected chi connectivity index (χ2v) is 4.56. The third-order valence-corrected chi connectivity index (χ3v) is 2.89. The Kier molecular flexibility index (Phi) is 7.07. The van der Waals surface area contributed by atoms with E-state index in [0.717, 1.165) is 6.42 Å². The Morgan fingerprint density at radius 3 is 2.50 bits per heavy atom. The quantitative estimate of drug-likeness (QED) is 0.490. The molecule has 0 spiro atoms. The average Bonchev–Trinajstić information content (AvgIpc) is 2.38. The van der Waals surface area contributed by atoms with Crippen LogP contribution in [0.4, 0.5) is 0 Å². The van der Waals surface area contributed by atoms with Crippen LogP contribution in [0.15, 0.2) is 18.3 Å². The first kappa shape index (κ1) is 14.7. The zero-order valence-corrected chi connectivity index (χ0v) is 11.4. The predicted molar refractivity (Wildman–Crippen MR) is 73.1 cm³/mol. The summed E-state index contributed by atoms with van der Waals surface area (Å²) < 4.78 is 5.52. The van der Waals surface area contributed by atoms with Gasteiger partial charge in [-0.1, -0.05) is 39.0 Å². The van der Waals surface area contributed by atoms with E-state index in [0.29, 0.717) is 18.1 Å². The molecule has 0 bridgehead atoms. The van der Waals surface area contributed by atoms with Crippen molar-refractivity contribution in [2.75, 3.05) is 6.61 Å². The average molecular weight is 249 g/mol. The van der Waals surface area contributed by atoms with Crippen molar-refractivity contribution < 1.29 is 9.53 Å². The fraction of sp³-hybridized carbons (Fsp3) is 0.600. The number of Topliss-reactive ketones (excluding diaryl/α,β-unsaturated/α-hetero) is 1. The van der Waals surface area contributed by atoms with Crippen LogP contribution in [0, 0.1) is 0 Å². The SMILES string of the molecule is CCCCCCCCOc1ccc(C(C)=O)cn1. The second kappa shape index (κ2) is 8.67. The van der Waals surface area contributed by atoms with Crippen LogP contribution in [-0.2, 0) is 0 Å². The molecule has 0 amide bonds. The molecule has 0 N–H and O–H groups in total. The Morgan fingerprint density at radius 1 is 1.17 bits per heavy atom. The first-order valence-electron chi connectivity index (χ1n) is 6.84. The van der Waals surface area contributed by atoms with E-state index in [1.165, 1.54) is 39.0 Å². The van der Waals surface area contributed by atoms with Gasteiger partial charge in [0.05, 0.1) is 6.61 Å². The molecular formula is C15H23NO2. The van der Waals surface area contributed by atoms with Crippen LogP contribution in [0.3, 0.4) is 0 Å². The minimum absolute atomic E-state index is 0.0324. The van der Waals surface area contributed by atoms with Gasteiger partial charge in [0.25, 0.3) is 0 Å². The molecule has 3 heteroatoms. The molecular weight excluding hydrogens is 226 g/mol. The molecule has 1 rings (SSSR count). The summed E-state index contributed by atoms with van der Waals surface area (Å²) in [5.41, 5.74) is 0.627. The summed E-state index contributed by atoms with van der Waals surface area (Å²) in [5, 5.41) is 0. The molecule has 0 saturated carbocycles. The van der Waals surface area contributed by atoms with Crippen molar-refractivity contribution in [3.05, 3.63) is 23.9 Å². The molecule has 0 radical (unpaired) electrons. The number of nitrogens with zero attached hydrogens (tertiary/aromatic N) is 1. The fourth-order valence-electron chi connectivity index (χ4n) is 1.73. The Balaban J connectivity index is 2.14. The van der Waals surface area contributed by atoms with Crippen LogP contribution in [0.2, 0.25) is 0 Å². The Morgan fingerprint density at radius 2 is 1.89 bits per heavy atom. The number of unbranched alkanes of at least 4 members (excludes halogenated alkanes) is 5. The maximum Gasteiger partial charge on any atom is 0.213 e. The summed E-state index contributed by atoms with van der Waals surface area (Å²) in [4.78, 5) is 15.2. The van der Waals surface area contributed by atoms with Crippen LogP contribution < -0.4 is 4.74 Å². The highest BCUT2D eigenvalue weighted by molar-refractivity contribution is 5.93. The summed E-state index contributed by atoms with van der Waals surface area (Å²) in [5.74, 6) is 0.638. The third-order valence-electron chi connectivity index (χ3n) is 2.89. The van der Waals surface area contributed by atoms with Crippen molar-refractivity contribution in [3.63, 3.8) is 0 Å². The van der Waals surface area contributed by atoms with Gasteiger partial charge in [0.2, 0.25) is 5.88 Å². The molecule has 0 aromatic carbocycles. The summed E-state index contributed by atoms with van der Waals surface area (Å²) >= 11 is 0. The van der Waals surface area contributed by atoms with E-state index in [1.807, 2.05) is 0 Å². The van der Waals surface area contributed by atoms with E-state index >= 15 is 0 Å². The van der Waals surface area contributed by atoms with Gasteiger partial charge < -0.3 is 4.74 Å². The highest BCUT2D eigenvalue weighted by Gasteiger charge is 2.00. The summed E-state index contributed by atoms with van der Waals surface area (Å²) in [7, 11) is 0. The van der Waals surface area contributed by atoms with Crippen LogP contribution in [0.1, 0.15) is 62.7 Å². The van der Waals surface area contributed by atoms with Crippen molar-refractivity contribution >= 4 is 5.78 Å². The molecule has 3 nitrogen and oxygen atoms in total. The number of carbonyl (C=O) groups is 1. The molecule has 1 heterocycles. The number of aromatic nitrogens is 1. The number of hydrogen-bond acceptors (Lipinski definition) is 3. The number of pyridine rings is 1. The fourth-order valence-corrected chi connectivity index (χ4v) is 1.73. The number of rotatable bonds is 9. The molecule has 0 aliphatic carbocycles. The lowest BCUT2D eigenvalue weighted by molar-refractivity contribution is 0.101. The molecule has 1 aromatic rings. The van der Waals surface area contributed by atoms with Gasteiger partial charge in [-0.15, -0.1) is 0 Å². The molecule has 0 aliphatic heterocycles. The lowest BCUT2D eigenvalue weighted by Crippen LogP contribution is -2.00. The topological polar surface area (TPSA) is 39.2 Å². The normalized spacial score (nSPS) is 10.3. The van der Waals surface area contributed by atoms with E-state index in [4.69, 9.17) is 4.74 Å². The van der Waals surface area contributed by atoms with Crippen molar-refractivity contribution in [1.82, 2.24) is 4.98 Å². The van der Waals surface area contributed by atoms with E-state index in [2.05, 4.69) is 11.9 Å². The van der Waals surface area contributed by atoms with Crippen molar-refractivity contribution in [2.24, 2.45) is 0 Å². The van der Waals surface area contributed by atoms with Gasteiger partial charge in [-0.25, -0.2) is 4.98 Å². The first-order valence-corrected chi connectivity index (χ1v) is 6.84. The van der Waals surface area contributed by atoms with Crippen molar-refractivity contribution in [1.29, 1.82) is 0 Å². The predicted octanol–water partition coefficient (Wildman–Crippen LogP) is 4.02. The summed E-state index contributed by atoms with van der Waals surface area (Å²) in [6, 6.07) is 3.51. The number of hydrogen-bond donors (Lipinski definition) is 0. The first-order chi connectivity index (χ1) is 8.74. The maximum absolute atomic E-state index is 11.1. The Labute approximate surface area is 110 Å². The summed E-state index contributed by atoms with van der Waals surface area (Å²) in [6.07, 6.45) is 9.07. The second-order valence-electron chi connectivity index (χ2n) is 4.56. The standard InChI is InChI=1S/C15H23NO2/c1-3-4-5-6-7-8-11-18-15-10-9-14(12-16-15)13(2)17/h9-10,12H,3-8,11H2,1-2H3. The molecule has 0 aliphatic rings. The maximum atomic E-state index is 11.1. The molecule has 1 aromatic heterocycles. The van der Waals surface area contributed by atoms with E-state index < -0.39 is 0 Å². The van der Waals surface area contributed by atoms with Gasteiger partial charge in [-0.2, -0.15) is 0 Å². The molecule has 0 unspecified atom stereocenters. The van der Waals surface area contributed by atoms with E-state index in [1.54, 1.807) is 18.3 Å². The molecule has 100 valence electrons. The third kappa shape index (κ3) is 5.80. The zero-order chi connectivity index (χ0) is 13.2. The monoisotopic (exact) mass is 249 g/mol. The molecule has 0 fully saturated rings. The highest BCUT2D eigenvalue weighted by atomic mass is 16.5. The van der Waals surface area contributed by atoms with Gasteiger partial charge >= 0.3 is 0 Å². The molecule has 0 atom stereocenters. The Bertz CT molecular complexity index is 346. The lowest BCUT2D eigenvalue weighted by atomic mass is 10.1. The van der Waals surface area contributed by atoms with Gasteiger partial charge in [-0.3, -0.25) is 4.79 Å². The minimum atomic E-state index is 0.0324.